The van der Waals surface area contributed by atoms with Gasteiger partial charge in [0.1, 0.15) is 18.9 Å². The smallest absolute Gasteiger partial charge is 0.412 e. The molecule has 0 bridgehead atoms. The summed E-state index contributed by atoms with van der Waals surface area (Å²) in [6.45, 7) is 2.88. The van der Waals surface area contributed by atoms with Gasteiger partial charge in [-0.25, -0.2) is 4.79 Å². The van der Waals surface area contributed by atoms with Crippen molar-refractivity contribution in [3.8, 4) is 0 Å². The second-order valence-electron chi connectivity index (χ2n) is 7.76. The molecule has 1 N–H and O–H groups in total. The average molecular weight is 377 g/mol. The van der Waals surface area contributed by atoms with Crippen LogP contribution in [0.3, 0.4) is 0 Å². The Bertz CT molecular complexity index is 641. The van der Waals surface area contributed by atoms with E-state index in [4.69, 9.17) is 18.9 Å². The van der Waals surface area contributed by atoms with E-state index in [1.54, 1.807) is 11.8 Å². The van der Waals surface area contributed by atoms with Crippen LogP contribution in [0.4, 0.5) is 4.79 Å². The quantitative estimate of drug-likeness (QED) is 0.818. The number of hydrogen-bond donors (Lipinski definition) is 1. The molecule has 3 aliphatic rings. The van der Waals surface area contributed by atoms with Crippen molar-refractivity contribution in [3.63, 3.8) is 0 Å². The molecular formula is C20H27NO6. The van der Waals surface area contributed by atoms with Gasteiger partial charge in [-0.1, -0.05) is 30.3 Å². The van der Waals surface area contributed by atoms with Crippen molar-refractivity contribution in [2.24, 2.45) is 0 Å². The zero-order valence-corrected chi connectivity index (χ0v) is 15.6. The molecule has 7 nitrogen and oxygen atoms in total. The lowest BCUT2D eigenvalue weighted by molar-refractivity contribution is -0.141. The Kier molecular flexibility index (Phi) is 5.36. The highest BCUT2D eigenvalue weighted by Crippen LogP contribution is 2.34. The van der Waals surface area contributed by atoms with E-state index in [1.165, 1.54) is 0 Å². The van der Waals surface area contributed by atoms with Gasteiger partial charge in [0.2, 0.25) is 0 Å². The zero-order valence-electron chi connectivity index (χ0n) is 15.6. The predicted molar refractivity (Wildman–Crippen MR) is 95.9 cm³/mol. The molecule has 1 amide bonds. The number of carbonyl (C=O) groups excluding carboxylic acids is 1. The SMILES string of the molecule is CC(O)(CC1OCCO1)C1OCN(C(=O)OC2CC2)C1Cc1ccccc1. The van der Waals surface area contributed by atoms with Crippen LogP contribution in [0.5, 0.6) is 0 Å². The highest BCUT2D eigenvalue weighted by Gasteiger charge is 2.49. The maximum atomic E-state index is 12.6. The van der Waals surface area contributed by atoms with Gasteiger partial charge >= 0.3 is 6.09 Å². The number of nitrogens with zero attached hydrogens (tertiary/aromatic N) is 1. The minimum absolute atomic E-state index is 0.0229. The largest absolute Gasteiger partial charge is 0.446 e. The molecule has 148 valence electrons. The number of aliphatic hydroxyl groups is 1. The van der Waals surface area contributed by atoms with E-state index in [0.717, 1.165) is 18.4 Å². The number of hydrogen-bond acceptors (Lipinski definition) is 6. The second kappa shape index (κ2) is 7.75. The van der Waals surface area contributed by atoms with Crippen molar-refractivity contribution < 1.29 is 28.8 Å². The molecule has 3 fully saturated rings. The molecule has 1 aromatic rings. The standard InChI is InChI=1S/C20H27NO6/c1-20(23,12-17-24-9-10-25-17)18-16(11-14-5-3-2-4-6-14)21(13-26-18)19(22)27-15-7-8-15/h2-6,15-18,23H,7-13H2,1H3. The molecule has 2 heterocycles. The molecule has 2 saturated heterocycles. The van der Waals surface area contributed by atoms with E-state index in [-0.39, 0.29) is 31.4 Å². The summed E-state index contributed by atoms with van der Waals surface area (Å²) in [5.41, 5.74) is -0.130. The first kappa shape index (κ1) is 18.7. The number of benzene rings is 1. The number of rotatable bonds is 6. The average Bonchev–Trinajstić information content (AvgIpc) is 3.13. The fourth-order valence-corrected chi connectivity index (χ4v) is 3.76. The Morgan fingerprint density at radius 3 is 2.59 bits per heavy atom. The van der Waals surface area contributed by atoms with Crippen molar-refractivity contribution in [2.75, 3.05) is 19.9 Å². The normalized spacial score (nSPS) is 28.3. The third-order valence-corrected chi connectivity index (χ3v) is 5.34. The van der Waals surface area contributed by atoms with E-state index in [0.29, 0.717) is 19.6 Å². The van der Waals surface area contributed by atoms with Gasteiger partial charge in [-0.3, -0.25) is 4.90 Å². The molecule has 1 saturated carbocycles. The molecule has 4 rings (SSSR count). The van der Waals surface area contributed by atoms with Crippen LogP contribution < -0.4 is 0 Å². The van der Waals surface area contributed by atoms with Crippen molar-refractivity contribution in [3.05, 3.63) is 35.9 Å². The van der Waals surface area contributed by atoms with Crippen LogP contribution in [0.25, 0.3) is 0 Å². The summed E-state index contributed by atoms with van der Waals surface area (Å²) in [7, 11) is 0. The van der Waals surface area contributed by atoms with Crippen molar-refractivity contribution in [2.45, 2.75) is 62.7 Å². The maximum Gasteiger partial charge on any atom is 0.412 e. The van der Waals surface area contributed by atoms with Crippen LogP contribution in [0.2, 0.25) is 0 Å². The summed E-state index contributed by atoms with van der Waals surface area (Å²) >= 11 is 0. The van der Waals surface area contributed by atoms with Crippen LogP contribution in [-0.4, -0.2) is 66.2 Å². The second-order valence-corrected chi connectivity index (χ2v) is 7.76. The van der Waals surface area contributed by atoms with Gasteiger partial charge in [0.05, 0.1) is 24.9 Å². The molecule has 7 heteroatoms. The van der Waals surface area contributed by atoms with Crippen LogP contribution >= 0.6 is 0 Å². The van der Waals surface area contributed by atoms with Crippen LogP contribution in [0.1, 0.15) is 31.7 Å². The van der Waals surface area contributed by atoms with Gasteiger partial charge in [0.25, 0.3) is 0 Å². The molecule has 0 radical (unpaired) electrons. The zero-order chi connectivity index (χ0) is 18.9. The Morgan fingerprint density at radius 2 is 1.93 bits per heavy atom. The lowest BCUT2D eigenvalue weighted by Crippen LogP contribution is -2.52. The summed E-state index contributed by atoms with van der Waals surface area (Å²) in [4.78, 5) is 14.2. The number of ether oxygens (including phenoxy) is 4. The predicted octanol–water partition coefficient (Wildman–Crippen LogP) is 2.07. The van der Waals surface area contributed by atoms with Gasteiger partial charge in [0, 0.05) is 6.42 Å². The molecule has 1 aliphatic carbocycles. The minimum Gasteiger partial charge on any atom is -0.446 e. The first-order valence-electron chi connectivity index (χ1n) is 9.61. The van der Waals surface area contributed by atoms with Gasteiger partial charge in [-0.05, 0) is 31.7 Å². The third-order valence-electron chi connectivity index (χ3n) is 5.34. The summed E-state index contributed by atoms with van der Waals surface area (Å²) < 4.78 is 22.4. The molecule has 0 spiro atoms. The summed E-state index contributed by atoms with van der Waals surface area (Å²) in [6.07, 6.45) is 1.34. The van der Waals surface area contributed by atoms with Gasteiger partial charge in [0.15, 0.2) is 6.29 Å². The van der Waals surface area contributed by atoms with Crippen LogP contribution in [-0.2, 0) is 25.4 Å². The van der Waals surface area contributed by atoms with Crippen molar-refractivity contribution in [1.82, 2.24) is 4.90 Å². The van der Waals surface area contributed by atoms with Crippen molar-refractivity contribution >= 4 is 6.09 Å². The first-order valence-corrected chi connectivity index (χ1v) is 9.61. The molecule has 1 aromatic carbocycles. The Labute approximate surface area is 159 Å². The lowest BCUT2D eigenvalue weighted by atomic mass is 9.86. The van der Waals surface area contributed by atoms with Crippen LogP contribution in [0.15, 0.2) is 30.3 Å². The number of carbonyl (C=O) groups is 1. The summed E-state index contributed by atoms with van der Waals surface area (Å²) in [5.74, 6) is 0. The molecule has 3 atom stereocenters. The molecule has 3 unspecified atom stereocenters. The van der Waals surface area contributed by atoms with Gasteiger partial charge in [-0.2, -0.15) is 0 Å². The lowest BCUT2D eigenvalue weighted by Gasteiger charge is -2.35. The molecular weight excluding hydrogens is 350 g/mol. The van der Waals surface area contributed by atoms with E-state index < -0.39 is 18.0 Å². The Morgan fingerprint density at radius 1 is 1.22 bits per heavy atom. The summed E-state index contributed by atoms with van der Waals surface area (Å²) in [6, 6.07) is 9.58. The fraction of sp³-hybridized carbons (Fsp3) is 0.650. The Hall–Kier alpha value is -1.67. The van der Waals surface area contributed by atoms with Crippen LogP contribution in [0, 0.1) is 0 Å². The fourth-order valence-electron chi connectivity index (χ4n) is 3.76. The van der Waals surface area contributed by atoms with E-state index in [1.807, 2.05) is 30.3 Å². The monoisotopic (exact) mass is 377 g/mol. The van der Waals surface area contributed by atoms with E-state index in [9.17, 15) is 9.90 Å². The molecule has 0 aromatic heterocycles. The summed E-state index contributed by atoms with van der Waals surface area (Å²) in [5, 5.41) is 11.2. The van der Waals surface area contributed by atoms with Gasteiger partial charge in [-0.15, -0.1) is 0 Å². The third kappa shape index (κ3) is 4.43. The van der Waals surface area contributed by atoms with E-state index in [2.05, 4.69) is 0 Å². The van der Waals surface area contributed by atoms with E-state index >= 15 is 0 Å². The Balaban J connectivity index is 1.51. The molecule has 2 aliphatic heterocycles. The first-order chi connectivity index (χ1) is 13.0. The minimum atomic E-state index is -1.21. The van der Waals surface area contributed by atoms with Gasteiger partial charge < -0.3 is 24.1 Å². The molecule has 27 heavy (non-hydrogen) atoms. The highest BCUT2D eigenvalue weighted by molar-refractivity contribution is 5.69. The van der Waals surface area contributed by atoms with Crippen molar-refractivity contribution in [1.29, 1.82) is 0 Å². The highest BCUT2D eigenvalue weighted by atomic mass is 16.7. The number of amides is 1. The topological polar surface area (TPSA) is 77.5 Å². The maximum absolute atomic E-state index is 12.6.